The molecule has 0 amide bonds. The van der Waals surface area contributed by atoms with E-state index >= 15 is 0 Å². The minimum absolute atomic E-state index is 0.696. The molecule has 0 saturated heterocycles. The molecule has 1 N–H and O–H groups in total. The summed E-state index contributed by atoms with van der Waals surface area (Å²) in [5.41, 5.74) is 1.19. The summed E-state index contributed by atoms with van der Waals surface area (Å²) in [7, 11) is 0. The first-order valence-electron chi connectivity index (χ1n) is 6.64. The monoisotopic (exact) mass is 338 g/mol. The molecule has 2 aromatic rings. The third-order valence-corrected chi connectivity index (χ3v) is 7.06. The summed E-state index contributed by atoms with van der Waals surface area (Å²) < 4.78 is 5.82. The van der Waals surface area contributed by atoms with Crippen LogP contribution in [0.1, 0.15) is 22.3 Å². The van der Waals surface area contributed by atoms with E-state index in [1.807, 2.05) is 64.1 Å². The molecule has 2 rings (SSSR count). The van der Waals surface area contributed by atoms with Crippen molar-refractivity contribution in [2.75, 3.05) is 0 Å². The zero-order chi connectivity index (χ0) is 15.6. The minimum Gasteiger partial charge on any atom is -0.436 e. The van der Waals surface area contributed by atoms with Gasteiger partial charge < -0.3 is 9.42 Å². The lowest BCUT2D eigenvalue weighted by Crippen LogP contribution is -1.94. The third-order valence-electron chi connectivity index (χ3n) is 3.23. The first-order valence-corrected chi connectivity index (χ1v) is 10.7. The minimum atomic E-state index is -2.99. The molecule has 1 unspecified atom stereocenters. The number of rotatable bonds is 4. The molecular formula is C16H19O2PS2. The van der Waals surface area contributed by atoms with Crippen molar-refractivity contribution in [2.24, 2.45) is 0 Å². The summed E-state index contributed by atoms with van der Waals surface area (Å²) in [5, 5.41) is 0. The van der Waals surface area contributed by atoms with Crippen LogP contribution in [0.4, 0.5) is 0 Å². The molecule has 0 spiro atoms. The zero-order valence-corrected chi connectivity index (χ0v) is 15.1. The van der Waals surface area contributed by atoms with Gasteiger partial charge in [0.2, 0.25) is 0 Å². The Labute approximate surface area is 135 Å². The van der Waals surface area contributed by atoms with Gasteiger partial charge in [0.05, 0.1) is 0 Å². The lowest BCUT2D eigenvalue weighted by molar-refractivity contribution is 0.499. The van der Waals surface area contributed by atoms with E-state index in [1.54, 1.807) is 0 Å². The van der Waals surface area contributed by atoms with Gasteiger partial charge in [0.25, 0.3) is 5.69 Å². The van der Waals surface area contributed by atoms with Crippen molar-refractivity contribution >= 4 is 28.9 Å². The Kier molecular flexibility index (Phi) is 5.15. The maximum atomic E-state index is 10.6. The number of para-hydroxylation sites is 1. The van der Waals surface area contributed by atoms with Gasteiger partial charge in [-0.25, -0.2) is 0 Å². The second-order valence-electron chi connectivity index (χ2n) is 5.09. The van der Waals surface area contributed by atoms with E-state index in [9.17, 15) is 4.89 Å². The van der Waals surface area contributed by atoms with E-state index in [0.717, 1.165) is 27.1 Å². The Hall–Kier alpha value is -0.800. The van der Waals surface area contributed by atoms with Crippen LogP contribution < -0.4 is 4.52 Å². The van der Waals surface area contributed by atoms with Crippen LogP contribution in [0.3, 0.4) is 0 Å². The highest BCUT2D eigenvalue weighted by Crippen LogP contribution is 2.60. The molecule has 21 heavy (non-hydrogen) atoms. The number of aryl methyl sites for hydroxylation is 4. The van der Waals surface area contributed by atoms with Crippen molar-refractivity contribution in [1.82, 2.24) is 0 Å². The van der Waals surface area contributed by atoms with Crippen LogP contribution in [0, 0.1) is 27.7 Å². The zero-order valence-electron chi connectivity index (χ0n) is 12.6. The lowest BCUT2D eigenvalue weighted by atomic mass is 10.1. The van der Waals surface area contributed by atoms with Gasteiger partial charge in [0.1, 0.15) is 5.75 Å². The Balaban J connectivity index is 2.29. The predicted molar refractivity (Wildman–Crippen MR) is 94.8 cm³/mol. The van der Waals surface area contributed by atoms with Crippen LogP contribution in [0.15, 0.2) is 41.3 Å². The maximum absolute atomic E-state index is 10.6. The molecule has 1 atom stereocenters. The second kappa shape index (κ2) is 6.53. The van der Waals surface area contributed by atoms with Crippen LogP contribution in [0.5, 0.6) is 5.75 Å². The lowest BCUT2D eigenvalue weighted by Gasteiger charge is -2.20. The van der Waals surface area contributed by atoms with Crippen molar-refractivity contribution in [3.63, 3.8) is 0 Å². The summed E-state index contributed by atoms with van der Waals surface area (Å²) in [4.78, 5) is 11.6. The molecule has 0 aromatic heterocycles. The van der Waals surface area contributed by atoms with Gasteiger partial charge in [-0.05, 0) is 73.1 Å². The predicted octanol–water partition coefficient (Wildman–Crippen LogP) is 5.31. The van der Waals surface area contributed by atoms with Crippen molar-refractivity contribution in [3.8, 4) is 5.75 Å². The third kappa shape index (κ3) is 4.10. The Morgan fingerprint density at radius 1 is 0.905 bits per heavy atom. The summed E-state index contributed by atoms with van der Waals surface area (Å²) in [6, 6.07) is 11.9. The molecular weight excluding hydrogens is 319 g/mol. The molecule has 0 radical (unpaired) electrons. The van der Waals surface area contributed by atoms with E-state index in [2.05, 4.69) is 0 Å². The standard InChI is InChI=1S/C16H19O2PS2/c1-11-7-5-8-12(2)15(11)18-19(17,20)21-16-13(3)9-6-10-14(16)4/h5-10H,1-4H3,(H,17,20). The number of hydrogen-bond acceptors (Lipinski definition) is 3. The first-order chi connectivity index (χ1) is 9.80. The SMILES string of the molecule is Cc1cccc(C)c1OP(O)(=S)Sc1c(C)cccc1C. The summed E-state index contributed by atoms with van der Waals surface area (Å²) in [6.45, 7) is 7.95. The fourth-order valence-corrected chi connectivity index (χ4v) is 6.13. The van der Waals surface area contributed by atoms with Gasteiger partial charge in [0.15, 0.2) is 0 Å². The smallest absolute Gasteiger partial charge is 0.299 e. The average Bonchev–Trinajstić information content (AvgIpc) is 2.39. The van der Waals surface area contributed by atoms with Crippen LogP contribution >= 0.6 is 17.1 Å². The van der Waals surface area contributed by atoms with Gasteiger partial charge in [-0.2, -0.15) is 0 Å². The largest absolute Gasteiger partial charge is 0.436 e. The van der Waals surface area contributed by atoms with Crippen LogP contribution in [-0.4, -0.2) is 4.89 Å². The fourth-order valence-electron chi connectivity index (χ4n) is 2.14. The Morgan fingerprint density at radius 2 is 1.33 bits per heavy atom. The molecule has 2 nitrogen and oxygen atoms in total. The number of hydrogen-bond donors (Lipinski definition) is 1. The van der Waals surface area contributed by atoms with Crippen molar-refractivity contribution in [2.45, 2.75) is 32.6 Å². The highest BCUT2D eigenvalue weighted by Gasteiger charge is 2.22. The van der Waals surface area contributed by atoms with Crippen LogP contribution in [0.2, 0.25) is 0 Å². The number of benzene rings is 2. The van der Waals surface area contributed by atoms with E-state index in [4.69, 9.17) is 16.3 Å². The molecule has 112 valence electrons. The van der Waals surface area contributed by atoms with Gasteiger partial charge in [-0.15, -0.1) is 0 Å². The summed E-state index contributed by atoms with van der Waals surface area (Å²) in [5.74, 6) is 0.696. The van der Waals surface area contributed by atoms with Gasteiger partial charge >= 0.3 is 0 Å². The molecule has 0 saturated carbocycles. The average molecular weight is 338 g/mol. The molecule has 0 aliphatic carbocycles. The van der Waals surface area contributed by atoms with Crippen LogP contribution in [-0.2, 0) is 11.8 Å². The molecule has 2 aromatic carbocycles. The van der Waals surface area contributed by atoms with E-state index in [0.29, 0.717) is 5.75 Å². The summed E-state index contributed by atoms with van der Waals surface area (Å²) >= 11 is 6.62. The first kappa shape index (κ1) is 16.6. The molecule has 0 aliphatic rings. The maximum Gasteiger partial charge on any atom is 0.299 e. The fraction of sp³-hybridized carbons (Fsp3) is 0.250. The highest BCUT2D eigenvalue weighted by molar-refractivity contribution is 8.67. The van der Waals surface area contributed by atoms with E-state index < -0.39 is 5.69 Å². The molecule has 0 aliphatic heterocycles. The van der Waals surface area contributed by atoms with E-state index in [-0.39, 0.29) is 0 Å². The van der Waals surface area contributed by atoms with Crippen LogP contribution in [0.25, 0.3) is 0 Å². The Morgan fingerprint density at radius 3 is 1.81 bits per heavy atom. The van der Waals surface area contributed by atoms with E-state index in [1.165, 1.54) is 11.4 Å². The molecule has 0 fully saturated rings. The van der Waals surface area contributed by atoms with Crippen molar-refractivity contribution in [3.05, 3.63) is 58.7 Å². The quantitative estimate of drug-likeness (QED) is 0.765. The highest BCUT2D eigenvalue weighted by atomic mass is 32.9. The second-order valence-corrected chi connectivity index (χ2v) is 11.0. The van der Waals surface area contributed by atoms with Gasteiger partial charge in [-0.3, -0.25) is 0 Å². The van der Waals surface area contributed by atoms with Crippen molar-refractivity contribution in [1.29, 1.82) is 0 Å². The Bertz CT molecular complexity index is 615. The summed E-state index contributed by atoms with van der Waals surface area (Å²) in [6.07, 6.45) is 0. The topological polar surface area (TPSA) is 29.5 Å². The molecule has 0 bridgehead atoms. The van der Waals surface area contributed by atoms with Gasteiger partial charge in [-0.1, -0.05) is 36.4 Å². The molecule has 5 heteroatoms. The van der Waals surface area contributed by atoms with Crippen molar-refractivity contribution < 1.29 is 9.42 Å². The van der Waals surface area contributed by atoms with Gasteiger partial charge in [0, 0.05) is 4.90 Å². The normalized spacial score (nSPS) is 13.8. The molecule has 0 heterocycles.